The molecule has 0 N–H and O–H groups in total. The minimum absolute atomic E-state index is 0.0624. The van der Waals surface area contributed by atoms with Gasteiger partial charge >= 0.3 is 0 Å². The number of fused-ring (bicyclic) bond motifs is 5. The molecule has 1 heteroatoms. The maximum absolute atomic E-state index is 13.4. The van der Waals surface area contributed by atoms with Gasteiger partial charge in [0.25, 0.3) is 0 Å². The number of hydrogen-bond donors (Lipinski definition) is 0. The van der Waals surface area contributed by atoms with Crippen LogP contribution in [0.15, 0.2) is 42.0 Å². The molecule has 3 aliphatic rings. The highest BCUT2D eigenvalue weighted by Gasteiger charge is 2.53. The molecule has 2 aromatic rings. The number of aryl methyl sites for hydroxylation is 2. The zero-order valence-corrected chi connectivity index (χ0v) is 13.7. The fourth-order valence-corrected chi connectivity index (χ4v) is 5.24. The first-order valence-electron chi connectivity index (χ1n) is 8.98. The second-order valence-electron chi connectivity index (χ2n) is 7.71. The Morgan fingerprint density at radius 3 is 2.83 bits per heavy atom. The van der Waals surface area contributed by atoms with Crippen LogP contribution >= 0.6 is 0 Å². The molecule has 0 heterocycles. The molecule has 0 saturated heterocycles. The van der Waals surface area contributed by atoms with Gasteiger partial charge in [-0.15, -0.1) is 0 Å². The maximum atomic E-state index is 13.4. The summed E-state index contributed by atoms with van der Waals surface area (Å²) in [5.41, 5.74) is 5.12. The lowest BCUT2D eigenvalue weighted by Crippen LogP contribution is -2.39. The Hall–Kier alpha value is -1.89. The molecule has 1 spiro atoms. The fourth-order valence-electron chi connectivity index (χ4n) is 5.24. The van der Waals surface area contributed by atoms with E-state index in [9.17, 15) is 4.79 Å². The predicted molar refractivity (Wildman–Crippen MR) is 93.8 cm³/mol. The largest absolute Gasteiger partial charge is 0.294 e. The van der Waals surface area contributed by atoms with E-state index in [0.29, 0.717) is 11.7 Å². The van der Waals surface area contributed by atoms with E-state index < -0.39 is 0 Å². The minimum Gasteiger partial charge on any atom is -0.294 e. The number of benzene rings is 2. The van der Waals surface area contributed by atoms with Crippen molar-refractivity contribution >= 4 is 16.6 Å². The van der Waals surface area contributed by atoms with Crippen LogP contribution in [0, 0.1) is 11.3 Å². The Morgan fingerprint density at radius 2 is 2.09 bits per heavy atom. The SMILES string of the molecule is CCc1ccc2cc3c(cc2c1)C(=O)C1(CC3)CC2=CCC1C2. The van der Waals surface area contributed by atoms with E-state index in [1.807, 2.05) is 0 Å². The molecule has 0 amide bonds. The van der Waals surface area contributed by atoms with Gasteiger partial charge in [-0.1, -0.05) is 42.8 Å². The lowest BCUT2D eigenvalue weighted by Gasteiger charge is -2.38. The Morgan fingerprint density at radius 1 is 1.17 bits per heavy atom. The number of carbonyl (C=O) groups is 1. The first kappa shape index (κ1) is 13.5. The van der Waals surface area contributed by atoms with E-state index in [4.69, 9.17) is 0 Å². The molecule has 1 saturated carbocycles. The highest BCUT2D eigenvalue weighted by Crippen LogP contribution is 2.58. The Kier molecular flexibility index (Phi) is 2.69. The Labute approximate surface area is 137 Å². The molecule has 1 nitrogen and oxygen atoms in total. The lowest BCUT2D eigenvalue weighted by molar-refractivity contribution is 0.0671. The van der Waals surface area contributed by atoms with Gasteiger partial charge in [-0.05, 0) is 72.4 Å². The van der Waals surface area contributed by atoms with Crippen LogP contribution in [0.1, 0.15) is 54.1 Å². The monoisotopic (exact) mass is 302 g/mol. The molecule has 2 atom stereocenters. The summed E-state index contributed by atoms with van der Waals surface area (Å²) in [6.45, 7) is 2.18. The molecule has 1 fully saturated rings. The number of carbonyl (C=O) groups excluding carboxylic acids is 1. The van der Waals surface area contributed by atoms with Crippen LogP contribution in [0.2, 0.25) is 0 Å². The van der Waals surface area contributed by atoms with E-state index in [-0.39, 0.29) is 5.41 Å². The molecule has 0 radical (unpaired) electrons. The zero-order valence-electron chi connectivity index (χ0n) is 13.7. The van der Waals surface area contributed by atoms with Crippen molar-refractivity contribution in [3.05, 3.63) is 58.7 Å². The van der Waals surface area contributed by atoms with Gasteiger partial charge in [-0.25, -0.2) is 0 Å². The lowest BCUT2D eigenvalue weighted by atomic mass is 9.63. The van der Waals surface area contributed by atoms with Gasteiger partial charge in [0.05, 0.1) is 0 Å². The molecule has 116 valence electrons. The second kappa shape index (κ2) is 4.56. The molecular formula is C22H22O. The van der Waals surface area contributed by atoms with Crippen molar-refractivity contribution in [2.75, 3.05) is 0 Å². The molecule has 2 unspecified atom stereocenters. The van der Waals surface area contributed by atoms with E-state index in [0.717, 1.165) is 37.7 Å². The van der Waals surface area contributed by atoms with Crippen molar-refractivity contribution in [1.82, 2.24) is 0 Å². The Bertz CT molecular complexity index is 873. The minimum atomic E-state index is -0.0624. The van der Waals surface area contributed by atoms with Gasteiger partial charge in [-0.3, -0.25) is 4.79 Å². The standard InChI is InChI=1S/C22H22O/c1-2-14-3-5-16-11-17-7-8-22(13-15-4-6-19(22)10-15)21(23)20(17)12-18(16)9-14/h3-5,9,11-12,19H,2,6-8,10,13H2,1H3. The topological polar surface area (TPSA) is 17.1 Å². The van der Waals surface area contributed by atoms with Crippen LogP contribution in [0.5, 0.6) is 0 Å². The summed E-state index contributed by atoms with van der Waals surface area (Å²) < 4.78 is 0. The third kappa shape index (κ3) is 1.77. The second-order valence-corrected chi connectivity index (χ2v) is 7.71. The van der Waals surface area contributed by atoms with Crippen molar-refractivity contribution in [2.24, 2.45) is 11.3 Å². The fraction of sp³-hybridized carbons (Fsp3) is 0.409. The average Bonchev–Trinajstić information content (AvgIpc) is 3.18. The number of rotatable bonds is 1. The van der Waals surface area contributed by atoms with Gasteiger partial charge in [0.1, 0.15) is 0 Å². The third-order valence-corrected chi connectivity index (χ3v) is 6.60. The van der Waals surface area contributed by atoms with Gasteiger partial charge < -0.3 is 0 Å². The van der Waals surface area contributed by atoms with Gasteiger partial charge in [0, 0.05) is 11.0 Å². The van der Waals surface area contributed by atoms with Crippen LogP contribution in [0.3, 0.4) is 0 Å². The number of allylic oxidation sites excluding steroid dienone is 2. The van der Waals surface area contributed by atoms with Crippen molar-refractivity contribution in [3.8, 4) is 0 Å². The van der Waals surface area contributed by atoms with Crippen LogP contribution in [0.4, 0.5) is 0 Å². The molecular weight excluding hydrogens is 280 g/mol. The highest BCUT2D eigenvalue weighted by molar-refractivity contribution is 6.06. The van der Waals surface area contributed by atoms with Gasteiger partial charge in [0.15, 0.2) is 5.78 Å². The average molecular weight is 302 g/mol. The normalized spacial score (nSPS) is 28.5. The van der Waals surface area contributed by atoms with Crippen LogP contribution in [-0.2, 0) is 12.8 Å². The maximum Gasteiger partial charge on any atom is 0.169 e. The van der Waals surface area contributed by atoms with Crippen LogP contribution in [0.25, 0.3) is 10.8 Å². The number of Topliss-reactive ketones (excluding diaryl/α,β-unsaturated/α-hetero) is 1. The van der Waals surface area contributed by atoms with E-state index in [1.165, 1.54) is 28.3 Å². The summed E-state index contributed by atoms with van der Waals surface area (Å²) in [4.78, 5) is 13.4. The summed E-state index contributed by atoms with van der Waals surface area (Å²) in [5, 5.41) is 2.51. The summed E-state index contributed by atoms with van der Waals surface area (Å²) in [6, 6.07) is 11.1. The number of ketones is 1. The van der Waals surface area contributed by atoms with Gasteiger partial charge in [-0.2, -0.15) is 0 Å². The summed E-state index contributed by atoms with van der Waals surface area (Å²) >= 11 is 0. The van der Waals surface area contributed by atoms with Crippen molar-refractivity contribution < 1.29 is 4.79 Å². The van der Waals surface area contributed by atoms with E-state index in [1.54, 1.807) is 5.57 Å². The molecule has 3 aliphatic carbocycles. The number of hydrogen-bond acceptors (Lipinski definition) is 1. The highest BCUT2D eigenvalue weighted by atomic mass is 16.1. The summed E-state index contributed by atoms with van der Waals surface area (Å²) in [5.74, 6) is 1.02. The van der Waals surface area contributed by atoms with Gasteiger partial charge in [0.2, 0.25) is 0 Å². The smallest absolute Gasteiger partial charge is 0.169 e. The quantitative estimate of drug-likeness (QED) is 0.657. The molecule has 5 rings (SSSR count). The molecule has 0 aromatic heterocycles. The predicted octanol–water partition coefficient (Wildman–Crippen LogP) is 5.26. The summed E-state index contributed by atoms with van der Waals surface area (Å²) in [6.07, 6.45) is 8.88. The first-order valence-corrected chi connectivity index (χ1v) is 8.98. The third-order valence-electron chi connectivity index (χ3n) is 6.60. The van der Waals surface area contributed by atoms with E-state index >= 15 is 0 Å². The van der Waals surface area contributed by atoms with E-state index in [2.05, 4.69) is 43.3 Å². The zero-order chi connectivity index (χ0) is 15.6. The van der Waals surface area contributed by atoms with Crippen molar-refractivity contribution in [3.63, 3.8) is 0 Å². The van der Waals surface area contributed by atoms with Crippen LogP contribution in [-0.4, -0.2) is 5.78 Å². The Balaban J connectivity index is 1.65. The molecule has 2 bridgehead atoms. The first-order chi connectivity index (χ1) is 11.2. The van der Waals surface area contributed by atoms with Crippen molar-refractivity contribution in [2.45, 2.75) is 45.4 Å². The van der Waals surface area contributed by atoms with Crippen LogP contribution < -0.4 is 0 Å². The molecule has 23 heavy (non-hydrogen) atoms. The molecule has 2 aromatic carbocycles. The van der Waals surface area contributed by atoms with Crippen molar-refractivity contribution in [1.29, 1.82) is 0 Å². The summed E-state index contributed by atoms with van der Waals surface area (Å²) in [7, 11) is 0. The molecule has 0 aliphatic heterocycles.